The van der Waals surface area contributed by atoms with Crippen LogP contribution in [0.15, 0.2) is 231 Å². The zero-order valence-corrected chi connectivity index (χ0v) is 96.6. The van der Waals surface area contributed by atoms with E-state index in [0.29, 0.717) is 76.0 Å². The van der Waals surface area contributed by atoms with Gasteiger partial charge in [-0.25, -0.2) is 0 Å². The Morgan fingerprint density at radius 3 is 0.838 bits per heavy atom. The van der Waals surface area contributed by atoms with E-state index in [1.54, 1.807) is 138 Å². The van der Waals surface area contributed by atoms with E-state index in [2.05, 4.69) is 231 Å². The summed E-state index contributed by atoms with van der Waals surface area (Å²) < 4.78 is 21.1. The van der Waals surface area contributed by atoms with Crippen molar-refractivity contribution >= 4 is 29.5 Å². The van der Waals surface area contributed by atoms with E-state index in [1.165, 1.54) is 80.1 Å². The molecule has 1 fully saturated rings. The number of aryl methyl sites for hydroxylation is 2. The number of phenolic OH excluding ortho intramolecular Hbond substituents is 5. The number of para-hydroxylation sites is 6. The van der Waals surface area contributed by atoms with Crippen LogP contribution in [-0.4, -0.2) is 195 Å². The van der Waals surface area contributed by atoms with Crippen LogP contribution >= 0.6 is 0 Å². The average Bonchev–Trinajstić information content (AvgIpc) is 1.71. The summed E-state index contributed by atoms with van der Waals surface area (Å²) in [5, 5.41) is 49.7. The van der Waals surface area contributed by atoms with E-state index < -0.39 is 0 Å². The molecule has 0 radical (unpaired) electrons. The molecule has 2 aliphatic rings. The molecule has 20 heteroatoms. The number of morpholine rings is 1. The molecule has 11 aromatic rings. The molecule has 1 saturated heterocycles. The monoisotopic (exact) mass is 2030 g/mol. The summed E-state index contributed by atoms with van der Waals surface area (Å²) in [6.45, 7) is 60.7. The van der Waals surface area contributed by atoms with Crippen molar-refractivity contribution in [2.75, 3.05) is 111 Å². The predicted molar refractivity (Wildman–Crippen MR) is 616 cm³/mol. The highest BCUT2D eigenvalue weighted by molar-refractivity contribution is 5.99. The Balaban J connectivity index is 0.000000419. The molecule has 0 aromatic heterocycles. The Labute approximate surface area is 890 Å². The van der Waals surface area contributed by atoms with E-state index in [0.717, 1.165) is 90.8 Å². The highest BCUT2D eigenvalue weighted by Crippen LogP contribution is 2.40. The van der Waals surface area contributed by atoms with Gasteiger partial charge in [-0.3, -0.25) is 28.9 Å². The molecule has 0 atom stereocenters. The summed E-state index contributed by atoms with van der Waals surface area (Å²) in [4.78, 5) is 68.3. The molecule has 0 saturated carbocycles. The zero-order chi connectivity index (χ0) is 112. The third-order valence-electron chi connectivity index (χ3n) is 24.9. The van der Waals surface area contributed by atoms with Gasteiger partial charge in [0.2, 0.25) is 6.79 Å². The smallest absolute Gasteiger partial charge is 0.257 e. The molecule has 5 amide bonds. The minimum Gasteiger partial charge on any atom is -0.507 e. The minimum atomic E-state index is -0.171. The lowest BCUT2D eigenvalue weighted by molar-refractivity contribution is 0.0340. The predicted octanol–water partition coefficient (Wildman–Crippen LogP) is 29.8. The van der Waals surface area contributed by atoms with Gasteiger partial charge in [-0.15, -0.1) is 0 Å². The number of phenols is 5. The number of ether oxygens (including phenoxy) is 4. The van der Waals surface area contributed by atoms with Gasteiger partial charge < -0.3 is 69.0 Å². The fraction of sp³-hybridized carbons (Fsp3) is 0.445. The summed E-state index contributed by atoms with van der Waals surface area (Å²) in [5.41, 5.74) is 20.2. The summed E-state index contributed by atoms with van der Waals surface area (Å²) in [7, 11) is 18.4. The summed E-state index contributed by atoms with van der Waals surface area (Å²) >= 11 is 0. The van der Waals surface area contributed by atoms with E-state index in [9.17, 15) is 49.5 Å². The molecule has 148 heavy (non-hydrogen) atoms. The van der Waals surface area contributed by atoms with Gasteiger partial charge in [-0.2, -0.15) is 0 Å². The van der Waals surface area contributed by atoms with Gasteiger partial charge in [0.1, 0.15) is 34.5 Å². The number of carbonyl (C=O) groups excluding carboxylic acids is 5. The number of aromatic hydroxyl groups is 5. The SMILES string of the molecule is CC(C)c1cccc(C(=O)N(C)C)c1O.CC(C)c1cccc(C(=O)N(C)C)c1O.CC(C)c1cccc(C(=O)N(C)C)c1O.CC(C)c1cccc(C(=O)N(C)C)c1O.CC(C)c1cccc(C(=O)N(C)C)c1O.CC(C)c1cccc2c1OCO2.CC(C)c1ccccc1C(C)C.CC(C)c1ccccc1CN1CCOCC1.CCc1cccc(C(C)C)c1.CCc1ccccc1C(C)C.COc1cccc(C(C)C)c1. The van der Waals surface area contributed by atoms with Crippen LogP contribution in [0.1, 0.15) is 386 Å². The van der Waals surface area contributed by atoms with Crippen molar-refractivity contribution in [3.63, 3.8) is 0 Å². The maximum Gasteiger partial charge on any atom is 0.257 e. The van der Waals surface area contributed by atoms with Crippen molar-refractivity contribution < 1.29 is 68.5 Å². The lowest BCUT2D eigenvalue weighted by atomic mass is 9.91. The normalized spacial score (nSPS) is 11.6. The van der Waals surface area contributed by atoms with Crippen molar-refractivity contribution in [3.8, 4) is 46.0 Å². The molecule has 2 heterocycles. The van der Waals surface area contributed by atoms with Gasteiger partial charge in [0.05, 0.1) is 48.1 Å². The minimum absolute atomic E-state index is 0.103. The van der Waals surface area contributed by atoms with E-state index in [1.807, 2.05) is 124 Å². The molecular formula is C128H182N6O14. The van der Waals surface area contributed by atoms with Gasteiger partial charge in [0.15, 0.2) is 11.5 Å². The Kier molecular flexibility index (Phi) is 57.4. The summed E-state index contributed by atoms with van der Waals surface area (Å²) in [6.07, 6.45) is 2.29. The molecule has 20 nitrogen and oxygen atoms in total. The fourth-order valence-corrected chi connectivity index (χ4v) is 16.0. The van der Waals surface area contributed by atoms with Crippen LogP contribution in [0.3, 0.4) is 0 Å². The number of hydrogen-bond donors (Lipinski definition) is 5. The number of benzene rings is 11. The first-order chi connectivity index (χ1) is 69.6. The molecule has 808 valence electrons. The summed E-state index contributed by atoms with van der Waals surface area (Å²) in [6, 6.07) is 75.6. The fourth-order valence-electron chi connectivity index (χ4n) is 16.0. The van der Waals surface area contributed by atoms with Gasteiger partial charge in [0.25, 0.3) is 29.5 Å². The van der Waals surface area contributed by atoms with Crippen LogP contribution in [-0.2, 0) is 24.1 Å². The van der Waals surface area contributed by atoms with Gasteiger partial charge in [-0.1, -0.05) is 362 Å². The maximum atomic E-state index is 11.7. The molecule has 13 rings (SSSR count). The van der Waals surface area contributed by atoms with Crippen LogP contribution in [0.5, 0.6) is 46.0 Å². The van der Waals surface area contributed by atoms with E-state index in [-0.39, 0.29) is 87.9 Å². The number of methoxy groups -OCH3 is 1. The van der Waals surface area contributed by atoms with Crippen LogP contribution in [0.2, 0.25) is 0 Å². The van der Waals surface area contributed by atoms with Crippen molar-refractivity contribution in [2.45, 2.75) is 270 Å². The second kappa shape index (κ2) is 65.7. The Morgan fingerprint density at radius 1 is 0.291 bits per heavy atom. The number of nitrogens with zero attached hydrogens (tertiary/aromatic N) is 6. The third kappa shape index (κ3) is 41.7. The zero-order valence-electron chi connectivity index (χ0n) is 96.6. The van der Waals surface area contributed by atoms with Crippen LogP contribution in [0, 0.1) is 0 Å². The van der Waals surface area contributed by atoms with Gasteiger partial charge in [-0.05, 0) is 210 Å². The third-order valence-corrected chi connectivity index (χ3v) is 24.9. The molecule has 0 unspecified atom stereocenters. The maximum absolute atomic E-state index is 11.7. The molecule has 2 aliphatic heterocycles. The Bertz CT molecular complexity index is 5330. The second-order valence-electron chi connectivity index (χ2n) is 41.8. The van der Waals surface area contributed by atoms with Gasteiger partial charge in [0, 0.05) is 95.7 Å². The highest BCUT2D eigenvalue weighted by Gasteiger charge is 2.25. The lowest BCUT2D eigenvalue weighted by Gasteiger charge is -2.27. The van der Waals surface area contributed by atoms with E-state index in [4.69, 9.17) is 18.9 Å². The molecule has 0 aliphatic carbocycles. The number of hydrogen-bond acceptors (Lipinski definition) is 15. The van der Waals surface area contributed by atoms with Crippen molar-refractivity contribution in [2.24, 2.45) is 0 Å². The highest BCUT2D eigenvalue weighted by atomic mass is 16.7. The standard InChI is InChI=1S/C14H21NO.5C12H17NO2.C12H18.2C11H16.C10H12O2.C10H14O/c1-12(2)14-6-4-3-5-13(14)11-15-7-9-16-10-8-15;5*1-8(2)9-6-5-7-10(11(9)14)12(15)13(3)4;1-9(2)11-7-5-6-8-12(11)10(3)4;1-4-10-6-5-7-11(8-10)9(2)3;1-4-10-7-5-6-8-11(10)9(2)3;1-7(2)8-4-3-5-9-10(8)12-6-11-9;1-8(2)9-5-4-6-10(7-9)11-3/h3-6,12H,7-11H2,1-2H3;5*5-8,14H,1-4H3;5-10H,1-4H3;2*5-9H,4H2,1-3H3;3-5,7H,6H2,1-2H3;4-8H,1-3H3. The lowest BCUT2D eigenvalue weighted by Crippen LogP contribution is -2.35. The first-order valence-electron chi connectivity index (χ1n) is 52.5. The van der Waals surface area contributed by atoms with Crippen LogP contribution < -0.4 is 14.2 Å². The van der Waals surface area contributed by atoms with Crippen molar-refractivity contribution in [3.05, 3.63) is 342 Å². The largest absolute Gasteiger partial charge is 0.507 e. The van der Waals surface area contributed by atoms with Crippen LogP contribution in [0.4, 0.5) is 0 Å². The number of carbonyl (C=O) groups is 5. The number of amides is 5. The number of fused-ring (bicyclic) bond motifs is 1. The Morgan fingerprint density at radius 2 is 0.554 bits per heavy atom. The first-order valence-corrected chi connectivity index (χ1v) is 52.5. The van der Waals surface area contributed by atoms with E-state index >= 15 is 0 Å². The van der Waals surface area contributed by atoms with Crippen LogP contribution in [0.25, 0.3) is 0 Å². The second-order valence-corrected chi connectivity index (χ2v) is 41.8. The van der Waals surface area contributed by atoms with Gasteiger partial charge >= 0.3 is 0 Å². The number of rotatable bonds is 22. The molecule has 0 spiro atoms. The quantitative estimate of drug-likeness (QED) is 0.0424. The molecule has 0 bridgehead atoms. The van der Waals surface area contributed by atoms with Crippen molar-refractivity contribution in [1.29, 1.82) is 0 Å². The first kappa shape index (κ1) is 129. The average molecular weight is 2030 g/mol. The summed E-state index contributed by atoms with van der Waals surface area (Å²) in [5.74, 6) is 7.71. The molecule has 11 aromatic carbocycles. The molecule has 5 N–H and O–H groups in total. The van der Waals surface area contributed by atoms with Crippen molar-refractivity contribution in [1.82, 2.24) is 29.4 Å². The topological polar surface area (TPSA) is 243 Å². The Hall–Kier alpha value is -12.9. The molecular weight excluding hydrogens is 1850 g/mol.